The summed E-state index contributed by atoms with van der Waals surface area (Å²) in [5, 5.41) is 0. The molecule has 1 aliphatic carbocycles. The van der Waals surface area contributed by atoms with Crippen LogP contribution in [0.1, 0.15) is 29.0 Å². The van der Waals surface area contributed by atoms with Crippen LogP contribution < -0.4 is 9.47 Å². The van der Waals surface area contributed by atoms with Gasteiger partial charge in [-0.2, -0.15) is 0 Å². The number of hydrogen-bond donors (Lipinski definition) is 0. The minimum Gasteiger partial charge on any atom is -0.496 e. The van der Waals surface area contributed by atoms with E-state index in [0.29, 0.717) is 26.2 Å². The Balaban J connectivity index is 1.24. The number of rotatable bonds is 5. The molecule has 0 saturated carbocycles. The largest absolute Gasteiger partial charge is 0.496 e. The zero-order chi connectivity index (χ0) is 24.6. The maximum atomic E-state index is 13.5. The van der Waals surface area contributed by atoms with Gasteiger partial charge in [0.15, 0.2) is 0 Å². The van der Waals surface area contributed by atoms with Crippen molar-refractivity contribution < 1.29 is 23.7 Å². The van der Waals surface area contributed by atoms with Gasteiger partial charge in [-0.25, -0.2) is 4.79 Å². The van der Waals surface area contributed by atoms with Crippen LogP contribution in [0.5, 0.6) is 11.5 Å². The van der Waals surface area contributed by atoms with Gasteiger partial charge >= 0.3 is 6.09 Å². The summed E-state index contributed by atoms with van der Waals surface area (Å²) < 4.78 is 23.1. The van der Waals surface area contributed by atoms with E-state index in [1.54, 1.807) is 14.2 Å². The summed E-state index contributed by atoms with van der Waals surface area (Å²) in [5.74, 6) is 1.55. The Labute approximate surface area is 211 Å². The van der Waals surface area contributed by atoms with Gasteiger partial charge in [-0.05, 0) is 46.4 Å². The number of nitrogens with zero attached hydrogens (tertiary/aromatic N) is 1. The number of hydrogen-bond acceptors (Lipinski definition) is 5. The van der Waals surface area contributed by atoms with Crippen LogP contribution in [-0.4, -0.2) is 57.1 Å². The summed E-state index contributed by atoms with van der Waals surface area (Å²) in [4.78, 5) is 15.3. The summed E-state index contributed by atoms with van der Waals surface area (Å²) in [5.41, 5.74) is 6.89. The first kappa shape index (κ1) is 22.7. The molecule has 0 aromatic heterocycles. The van der Waals surface area contributed by atoms with E-state index in [4.69, 9.17) is 18.9 Å². The molecule has 0 radical (unpaired) electrons. The first-order chi connectivity index (χ1) is 17.7. The Bertz CT molecular complexity index is 1260. The number of morpholine rings is 1. The Morgan fingerprint density at radius 1 is 0.889 bits per heavy atom. The zero-order valence-electron chi connectivity index (χ0n) is 20.5. The summed E-state index contributed by atoms with van der Waals surface area (Å²) in [6.45, 7) is 1.21. The van der Waals surface area contributed by atoms with Crippen molar-refractivity contribution in [3.8, 4) is 22.6 Å². The third-order valence-corrected chi connectivity index (χ3v) is 7.49. The molecule has 3 aliphatic rings. The second kappa shape index (κ2) is 9.36. The van der Waals surface area contributed by atoms with Crippen LogP contribution in [-0.2, 0) is 9.47 Å². The maximum absolute atomic E-state index is 13.5. The van der Waals surface area contributed by atoms with Crippen LogP contribution in [0.15, 0.2) is 72.8 Å². The van der Waals surface area contributed by atoms with E-state index in [9.17, 15) is 4.79 Å². The predicted molar refractivity (Wildman–Crippen MR) is 137 cm³/mol. The quantitative estimate of drug-likeness (QED) is 0.479. The third kappa shape index (κ3) is 3.73. The summed E-state index contributed by atoms with van der Waals surface area (Å²) in [7, 11) is 3.32. The third-order valence-electron chi connectivity index (χ3n) is 7.49. The van der Waals surface area contributed by atoms with Crippen molar-refractivity contribution >= 4 is 11.7 Å². The average molecular weight is 484 g/mol. The van der Waals surface area contributed by atoms with E-state index in [0.717, 1.165) is 22.6 Å². The predicted octanol–water partition coefficient (Wildman–Crippen LogP) is 5.51. The average Bonchev–Trinajstić information content (AvgIpc) is 3.24. The molecule has 6 heteroatoms. The van der Waals surface area contributed by atoms with Gasteiger partial charge in [0.1, 0.15) is 18.1 Å². The molecule has 3 aromatic carbocycles. The van der Waals surface area contributed by atoms with E-state index in [1.807, 2.05) is 35.2 Å². The molecule has 36 heavy (non-hydrogen) atoms. The van der Waals surface area contributed by atoms with Gasteiger partial charge in [0.25, 0.3) is 0 Å². The molecule has 1 saturated heterocycles. The monoisotopic (exact) mass is 483 g/mol. The van der Waals surface area contributed by atoms with Crippen molar-refractivity contribution in [2.24, 2.45) is 0 Å². The molecule has 0 N–H and O–H groups in total. The van der Waals surface area contributed by atoms with Gasteiger partial charge in [0.2, 0.25) is 0 Å². The molecule has 184 valence electrons. The lowest BCUT2D eigenvalue weighted by Crippen LogP contribution is -2.56. The fraction of sp³-hybridized carbons (Fsp3) is 0.300. The lowest BCUT2D eigenvalue weighted by molar-refractivity contribution is -0.0331. The van der Waals surface area contributed by atoms with Gasteiger partial charge in [0.05, 0.1) is 45.1 Å². The second-order valence-corrected chi connectivity index (χ2v) is 9.40. The van der Waals surface area contributed by atoms with Crippen LogP contribution in [0.25, 0.3) is 16.7 Å². The van der Waals surface area contributed by atoms with Gasteiger partial charge in [-0.15, -0.1) is 0 Å². The number of benzene rings is 3. The molecule has 1 fully saturated rings. The van der Waals surface area contributed by atoms with E-state index in [2.05, 4.69) is 42.5 Å². The Morgan fingerprint density at radius 2 is 1.53 bits per heavy atom. The molecule has 2 atom stereocenters. The van der Waals surface area contributed by atoms with Crippen LogP contribution in [0, 0.1) is 0 Å². The summed E-state index contributed by atoms with van der Waals surface area (Å²) in [6, 6.07) is 22.2. The molecule has 3 aromatic rings. The smallest absolute Gasteiger partial charge is 0.410 e. The second-order valence-electron chi connectivity index (χ2n) is 9.40. The number of amides is 1. The number of carbonyl (C=O) groups is 1. The number of fused-ring (bicyclic) bond motifs is 5. The molecule has 1 amide bonds. The highest BCUT2D eigenvalue weighted by Gasteiger charge is 2.40. The van der Waals surface area contributed by atoms with Crippen LogP contribution >= 0.6 is 0 Å². The number of carbonyl (C=O) groups excluding carboxylic acids is 1. The molecular formula is C30H29NO5. The Morgan fingerprint density at radius 3 is 2.14 bits per heavy atom. The van der Waals surface area contributed by atoms with Crippen molar-refractivity contribution in [2.75, 3.05) is 34.0 Å². The van der Waals surface area contributed by atoms with Crippen LogP contribution in [0.2, 0.25) is 0 Å². The minimum atomic E-state index is -0.294. The normalized spacial score (nSPS) is 20.3. The topological polar surface area (TPSA) is 57.2 Å². The molecule has 2 aliphatic heterocycles. The molecule has 2 heterocycles. The van der Waals surface area contributed by atoms with E-state index >= 15 is 0 Å². The van der Waals surface area contributed by atoms with Gasteiger partial charge in [0, 0.05) is 5.92 Å². The standard InChI is InChI=1S/C30H29NO5/c1-33-27-12-7-13-28(34-2)29(27)19-14-20-16-35-17-21(15-19)31(20)30(32)36-18-26-24-10-5-3-8-22(24)23-9-4-6-11-25(23)26/h3-14,20-21,26H,15-18H2,1-2H3. The van der Waals surface area contributed by atoms with E-state index < -0.39 is 0 Å². The molecule has 6 rings (SSSR count). The first-order valence-corrected chi connectivity index (χ1v) is 12.3. The van der Waals surface area contributed by atoms with Crippen molar-refractivity contribution in [1.29, 1.82) is 0 Å². The van der Waals surface area contributed by atoms with Crippen molar-refractivity contribution in [1.82, 2.24) is 4.90 Å². The lowest BCUT2D eigenvalue weighted by Gasteiger charge is -2.44. The highest BCUT2D eigenvalue weighted by molar-refractivity contribution is 5.81. The molecular weight excluding hydrogens is 454 g/mol. The summed E-state index contributed by atoms with van der Waals surface area (Å²) in [6.07, 6.45) is 2.44. The molecule has 2 bridgehead atoms. The van der Waals surface area contributed by atoms with Crippen LogP contribution in [0.4, 0.5) is 4.79 Å². The van der Waals surface area contributed by atoms with Gasteiger partial charge < -0.3 is 18.9 Å². The van der Waals surface area contributed by atoms with Gasteiger partial charge in [-0.3, -0.25) is 4.90 Å². The molecule has 0 spiro atoms. The Hall–Kier alpha value is -3.77. The minimum absolute atomic E-state index is 0.0335. The lowest BCUT2D eigenvalue weighted by atomic mass is 9.89. The fourth-order valence-electron chi connectivity index (χ4n) is 5.90. The summed E-state index contributed by atoms with van der Waals surface area (Å²) >= 11 is 0. The molecule has 6 nitrogen and oxygen atoms in total. The van der Waals surface area contributed by atoms with Crippen molar-refractivity contribution in [3.63, 3.8) is 0 Å². The van der Waals surface area contributed by atoms with Crippen LogP contribution in [0.3, 0.4) is 0 Å². The van der Waals surface area contributed by atoms with E-state index in [1.165, 1.54) is 22.3 Å². The fourth-order valence-corrected chi connectivity index (χ4v) is 5.90. The SMILES string of the molecule is COc1cccc(OC)c1C1=CC2COCC(C1)N2C(=O)OCC1c2ccccc2-c2ccccc21. The molecule has 2 unspecified atom stereocenters. The highest BCUT2D eigenvalue weighted by atomic mass is 16.6. The van der Waals surface area contributed by atoms with Crippen molar-refractivity contribution in [3.05, 3.63) is 89.5 Å². The highest BCUT2D eigenvalue weighted by Crippen LogP contribution is 2.45. The number of methoxy groups -OCH3 is 2. The Kier molecular flexibility index (Phi) is 5.89. The first-order valence-electron chi connectivity index (χ1n) is 12.3. The van der Waals surface area contributed by atoms with Crippen molar-refractivity contribution in [2.45, 2.75) is 24.4 Å². The maximum Gasteiger partial charge on any atom is 0.410 e. The van der Waals surface area contributed by atoms with E-state index in [-0.39, 0.29) is 24.1 Å². The van der Waals surface area contributed by atoms with Gasteiger partial charge in [-0.1, -0.05) is 60.7 Å². The number of ether oxygens (including phenoxy) is 4. The zero-order valence-corrected chi connectivity index (χ0v) is 20.5.